The Kier molecular flexibility index (Phi) is 8.07. The van der Waals surface area contributed by atoms with E-state index in [-0.39, 0.29) is 30.0 Å². The fourth-order valence-corrected chi connectivity index (χ4v) is 4.53. The lowest BCUT2D eigenvalue weighted by Crippen LogP contribution is -2.32. The van der Waals surface area contributed by atoms with Gasteiger partial charge in [0.15, 0.2) is 5.76 Å². The first-order valence-electron chi connectivity index (χ1n) is 10.9. The molecule has 4 atom stereocenters. The summed E-state index contributed by atoms with van der Waals surface area (Å²) in [5.41, 5.74) is 3.36. The van der Waals surface area contributed by atoms with E-state index in [0.29, 0.717) is 24.8 Å². The molecule has 2 aliphatic rings. The molecule has 4 heteroatoms. The van der Waals surface area contributed by atoms with E-state index in [1.165, 1.54) is 11.1 Å². The van der Waals surface area contributed by atoms with E-state index in [1.54, 1.807) is 0 Å². The standard InChI is InChI=1S/C25H38O4/c1-16-7-6-8-17(2)13-14-25(5)20(11-10-18(3)21(27)12-9-16)22(19(4)15-26)23(28)24(25)29/h7,10,13,19-21,26-28H,6,8-9,11-12,14-15H2,1-5H3/b16-7+,17-13+,18-10+/t19?,20?,21-,25-/m0/s1. The molecule has 0 saturated carbocycles. The molecular formula is C25H38O4. The summed E-state index contributed by atoms with van der Waals surface area (Å²) < 4.78 is 0. The van der Waals surface area contributed by atoms with Crippen molar-refractivity contribution < 1.29 is 20.1 Å². The van der Waals surface area contributed by atoms with Crippen molar-refractivity contribution >= 4 is 5.78 Å². The van der Waals surface area contributed by atoms with E-state index < -0.39 is 11.5 Å². The van der Waals surface area contributed by atoms with Crippen LogP contribution in [0.5, 0.6) is 0 Å². The van der Waals surface area contributed by atoms with Crippen LogP contribution in [-0.2, 0) is 4.79 Å². The fourth-order valence-electron chi connectivity index (χ4n) is 4.53. The number of ketones is 1. The van der Waals surface area contributed by atoms with E-state index in [1.807, 2.05) is 26.8 Å². The van der Waals surface area contributed by atoms with Gasteiger partial charge in [-0.1, -0.05) is 43.2 Å². The molecule has 0 bridgehead atoms. The highest BCUT2D eigenvalue weighted by Gasteiger charge is 2.51. The molecule has 0 spiro atoms. The maximum Gasteiger partial charge on any atom is 0.203 e. The lowest BCUT2D eigenvalue weighted by atomic mass is 9.70. The molecule has 0 aromatic heterocycles. The third-order valence-electron chi connectivity index (χ3n) is 6.88. The molecule has 0 radical (unpaired) electrons. The number of aliphatic hydroxyl groups excluding tert-OH is 3. The zero-order chi connectivity index (χ0) is 21.8. The van der Waals surface area contributed by atoms with Crippen LogP contribution in [0.3, 0.4) is 0 Å². The van der Waals surface area contributed by atoms with E-state index in [0.717, 1.165) is 24.8 Å². The highest BCUT2D eigenvalue weighted by molar-refractivity contribution is 6.02. The molecule has 2 aliphatic carbocycles. The molecule has 3 N–H and O–H groups in total. The van der Waals surface area contributed by atoms with Crippen molar-refractivity contribution in [1.82, 2.24) is 0 Å². The predicted octanol–water partition coefficient (Wildman–Crippen LogP) is 5.19. The van der Waals surface area contributed by atoms with E-state index in [4.69, 9.17) is 0 Å². The summed E-state index contributed by atoms with van der Waals surface area (Å²) in [4.78, 5) is 13.1. The number of fused-ring (bicyclic) bond motifs is 1. The van der Waals surface area contributed by atoms with Gasteiger partial charge in [0.05, 0.1) is 6.10 Å². The largest absolute Gasteiger partial charge is 0.504 e. The van der Waals surface area contributed by atoms with Gasteiger partial charge in [-0.15, -0.1) is 0 Å². The highest BCUT2D eigenvalue weighted by Crippen LogP contribution is 2.50. The van der Waals surface area contributed by atoms with Gasteiger partial charge in [-0.3, -0.25) is 4.79 Å². The first-order valence-corrected chi connectivity index (χ1v) is 10.9. The van der Waals surface area contributed by atoms with Crippen LogP contribution in [0, 0.1) is 17.3 Å². The second-order valence-electron chi connectivity index (χ2n) is 9.27. The lowest BCUT2D eigenvalue weighted by molar-refractivity contribution is -0.126. The number of carbonyl (C=O) groups excluding carboxylic acids is 1. The third-order valence-corrected chi connectivity index (χ3v) is 6.88. The third kappa shape index (κ3) is 5.29. The highest BCUT2D eigenvalue weighted by atomic mass is 16.3. The number of hydrogen-bond donors (Lipinski definition) is 3. The zero-order valence-electron chi connectivity index (χ0n) is 18.7. The summed E-state index contributed by atoms with van der Waals surface area (Å²) in [5, 5.41) is 30.9. The predicted molar refractivity (Wildman–Crippen MR) is 117 cm³/mol. The van der Waals surface area contributed by atoms with Crippen molar-refractivity contribution in [2.45, 2.75) is 79.2 Å². The van der Waals surface area contributed by atoms with Gasteiger partial charge in [0.2, 0.25) is 5.78 Å². The van der Waals surface area contributed by atoms with Crippen molar-refractivity contribution in [2.75, 3.05) is 6.61 Å². The first kappa shape index (κ1) is 23.6. The minimum atomic E-state index is -0.738. The Morgan fingerprint density at radius 1 is 1.14 bits per heavy atom. The Balaban J connectivity index is 2.46. The number of allylic oxidation sites excluding steroid dienone is 6. The summed E-state index contributed by atoms with van der Waals surface area (Å²) in [7, 11) is 0. The van der Waals surface area contributed by atoms with Crippen molar-refractivity contribution in [3.63, 3.8) is 0 Å². The normalized spacial score (nSPS) is 36.7. The Bertz CT molecular complexity index is 740. The lowest BCUT2D eigenvalue weighted by Gasteiger charge is -2.32. The van der Waals surface area contributed by atoms with E-state index >= 15 is 0 Å². The first-order chi connectivity index (χ1) is 13.6. The van der Waals surface area contributed by atoms with E-state index in [2.05, 4.69) is 26.0 Å². The van der Waals surface area contributed by atoms with Gasteiger partial charge in [-0.05, 0) is 70.4 Å². The summed E-state index contributed by atoms with van der Waals surface area (Å²) >= 11 is 0. The van der Waals surface area contributed by atoms with Gasteiger partial charge in [0.25, 0.3) is 0 Å². The molecule has 162 valence electrons. The van der Waals surface area contributed by atoms with Crippen LogP contribution in [-0.4, -0.2) is 33.8 Å². The molecule has 0 aliphatic heterocycles. The SMILES string of the molecule is C/C1=C\C[C@]2(C)C(=O)C(O)=C(C(C)CO)C2C/C=C(\C)[C@@H](O)CC/C(C)=C/CC1. The second-order valence-corrected chi connectivity index (χ2v) is 9.27. The van der Waals surface area contributed by atoms with Crippen molar-refractivity contribution in [3.8, 4) is 0 Å². The molecule has 0 saturated heterocycles. The minimum Gasteiger partial charge on any atom is -0.504 e. The molecule has 0 amide bonds. The zero-order valence-corrected chi connectivity index (χ0v) is 18.7. The number of Topliss-reactive ketones (excluding diaryl/α,β-unsaturated/α-hetero) is 1. The number of carbonyl (C=O) groups is 1. The Labute approximate surface area is 175 Å². The van der Waals surface area contributed by atoms with Gasteiger partial charge in [-0.25, -0.2) is 0 Å². The fraction of sp³-hybridized carbons (Fsp3) is 0.640. The summed E-state index contributed by atoms with van der Waals surface area (Å²) in [5.74, 6) is -0.860. The monoisotopic (exact) mass is 402 g/mol. The molecule has 29 heavy (non-hydrogen) atoms. The molecule has 2 rings (SSSR count). The van der Waals surface area contributed by atoms with Crippen LogP contribution in [0.15, 0.2) is 46.3 Å². The van der Waals surface area contributed by atoms with Gasteiger partial charge >= 0.3 is 0 Å². The Morgan fingerprint density at radius 3 is 2.45 bits per heavy atom. The molecule has 0 heterocycles. The molecular weight excluding hydrogens is 364 g/mol. The van der Waals surface area contributed by atoms with Crippen LogP contribution in [0.2, 0.25) is 0 Å². The van der Waals surface area contributed by atoms with E-state index in [9.17, 15) is 20.1 Å². The average molecular weight is 403 g/mol. The molecule has 0 aromatic rings. The quantitative estimate of drug-likeness (QED) is 0.556. The number of rotatable bonds is 2. The topological polar surface area (TPSA) is 77.8 Å². The van der Waals surface area contributed by atoms with Gasteiger partial charge in [-0.2, -0.15) is 0 Å². The summed E-state index contributed by atoms with van der Waals surface area (Å²) in [6, 6.07) is 0. The maximum atomic E-state index is 13.1. The molecule has 4 nitrogen and oxygen atoms in total. The smallest absolute Gasteiger partial charge is 0.203 e. The van der Waals surface area contributed by atoms with Gasteiger partial charge in [0.1, 0.15) is 0 Å². The molecule has 0 aromatic carbocycles. The van der Waals surface area contributed by atoms with Crippen LogP contribution in [0.1, 0.15) is 73.1 Å². The summed E-state index contributed by atoms with van der Waals surface area (Å²) in [6.45, 7) is 9.81. The molecule has 0 fully saturated rings. The van der Waals surface area contributed by atoms with Crippen LogP contribution < -0.4 is 0 Å². The van der Waals surface area contributed by atoms with Crippen LogP contribution >= 0.6 is 0 Å². The molecule has 2 unspecified atom stereocenters. The van der Waals surface area contributed by atoms with Crippen molar-refractivity contribution in [2.24, 2.45) is 17.3 Å². The van der Waals surface area contributed by atoms with Crippen molar-refractivity contribution in [3.05, 3.63) is 46.3 Å². The minimum absolute atomic E-state index is 0.107. The number of aliphatic hydroxyl groups is 3. The Hall–Kier alpha value is -1.65. The van der Waals surface area contributed by atoms with Crippen molar-refractivity contribution in [1.29, 1.82) is 0 Å². The van der Waals surface area contributed by atoms with Crippen LogP contribution in [0.4, 0.5) is 0 Å². The van der Waals surface area contributed by atoms with Crippen LogP contribution in [0.25, 0.3) is 0 Å². The van der Waals surface area contributed by atoms with Gasteiger partial charge < -0.3 is 15.3 Å². The number of hydrogen-bond acceptors (Lipinski definition) is 4. The second kappa shape index (κ2) is 9.90. The Morgan fingerprint density at radius 2 is 1.79 bits per heavy atom. The van der Waals surface area contributed by atoms with Gasteiger partial charge in [0, 0.05) is 23.9 Å². The average Bonchev–Trinajstić information content (AvgIpc) is 2.88. The summed E-state index contributed by atoms with van der Waals surface area (Å²) in [6.07, 6.45) is 10.4. The maximum absolute atomic E-state index is 13.1.